The van der Waals surface area contributed by atoms with Crippen LogP contribution in [-0.4, -0.2) is 46.4 Å². The van der Waals surface area contributed by atoms with Crippen molar-refractivity contribution in [2.75, 3.05) is 7.05 Å². The Labute approximate surface area is 153 Å². The maximum Gasteiger partial charge on any atom is 0.335 e. The Balaban J connectivity index is 1.65. The number of rotatable bonds is 6. The van der Waals surface area contributed by atoms with E-state index in [-0.39, 0.29) is 17.7 Å². The van der Waals surface area contributed by atoms with Gasteiger partial charge in [0, 0.05) is 12.6 Å². The van der Waals surface area contributed by atoms with Crippen LogP contribution in [0.1, 0.15) is 35.2 Å². The number of likely N-dealkylation sites (N-methyl/N-ethyl adjacent to an activating group) is 1. The van der Waals surface area contributed by atoms with Gasteiger partial charge in [0.1, 0.15) is 18.0 Å². The van der Waals surface area contributed by atoms with E-state index in [2.05, 4.69) is 4.90 Å². The second-order valence-corrected chi connectivity index (χ2v) is 6.88. The first-order chi connectivity index (χ1) is 12.5. The molecule has 0 unspecified atom stereocenters. The number of para-hydroxylation sites is 1. The van der Waals surface area contributed by atoms with Crippen molar-refractivity contribution >= 4 is 5.97 Å². The molecule has 5 nitrogen and oxygen atoms in total. The molecule has 2 N–H and O–H groups in total. The number of carboxylic acids is 1. The molecule has 2 aromatic carbocycles. The maximum absolute atomic E-state index is 11.1. The smallest absolute Gasteiger partial charge is 0.335 e. The third-order valence-corrected chi connectivity index (χ3v) is 4.97. The maximum atomic E-state index is 11.1. The Kier molecular flexibility index (Phi) is 5.91. The van der Waals surface area contributed by atoms with E-state index in [0.29, 0.717) is 6.54 Å². The summed E-state index contributed by atoms with van der Waals surface area (Å²) in [6.45, 7) is 0.584. The number of carbonyl (C=O) groups is 1. The van der Waals surface area contributed by atoms with Gasteiger partial charge in [-0.2, -0.15) is 0 Å². The number of nitrogens with zero attached hydrogens (tertiary/aromatic N) is 1. The molecule has 0 radical (unpaired) electrons. The van der Waals surface area contributed by atoms with Crippen molar-refractivity contribution < 1.29 is 19.7 Å². The molecule has 3 atom stereocenters. The molecule has 26 heavy (non-hydrogen) atoms. The Morgan fingerprint density at radius 2 is 1.92 bits per heavy atom. The number of aliphatic hydroxyl groups is 1. The van der Waals surface area contributed by atoms with E-state index in [0.717, 1.165) is 30.6 Å². The molecule has 0 spiro atoms. The van der Waals surface area contributed by atoms with Crippen molar-refractivity contribution in [2.24, 2.45) is 0 Å². The lowest BCUT2D eigenvalue weighted by molar-refractivity contribution is -0.0491. The minimum atomic E-state index is -0.927. The number of hydrogen-bond donors (Lipinski definition) is 2. The van der Waals surface area contributed by atoms with E-state index in [1.54, 1.807) is 18.2 Å². The van der Waals surface area contributed by atoms with Crippen molar-refractivity contribution in [1.29, 1.82) is 0 Å². The molecule has 1 saturated carbocycles. The first kappa shape index (κ1) is 18.4. The predicted octanol–water partition coefficient (Wildman–Crippen LogP) is 3.18. The summed E-state index contributed by atoms with van der Waals surface area (Å²) in [6.07, 6.45) is 1.89. The second kappa shape index (κ2) is 8.34. The number of carboxylic acid groups (broad SMARTS) is 1. The van der Waals surface area contributed by atoms with Crippen LogP contribution in [0.2, 0.25) is 0 Å². The Bertz CT molecular complexity index is 734. The zero-order valence-electron chi connectivity index (χ0n) is 14.9. The molecule has 2 aromatic rings. The number of aliphatic hydroxyl groups excluding tert-OH is 1. The fraction of sp³-hybridized carbons (Fsp3) is 0.381. The van der Waals surface area contributed by atoms with E-state index in [9.17, 15) is 9.90 Å². The van der Waals surface area contributed by atoms with Crippen LogP contribution < -0.4 is 4.74 Å². The van der Waals surface area contributed by atoms with Crippen molar-refractivity contribution in [2.45, 2.75) is 44.1 Å². The zero-order chi connectivity index (χ0) is 18.5. The molecule has 5 heteroatoms. The number of hydrogen-bond acceptors (Lipinski definition) is 4. The Morgan fingerprint density at radius 3 is 2.65 bits per heavy atom. The molecule has 1 fully saturated rings. The third-order valence-electron chi connectivity index (χ3n) is 4.97. The first-order valence-corrected chi connectivity index (χ1v) is 8.97. The van der Waals surface area contributed by atoms with Gasteiger partial charge in [-0.1, -0.05) is 30.3 Å². The van der Waals surface area contributed by atoms with Crippen LogP contribution in [-0.2, 0) is 6.54 Å². The van der Waals surface area contributed by atoms with E-state index in [4.69, 9.17) is 9.84 Å². The van der Waals surface area contributed by atoms with Gasteiger partial charge in [-0.25, -0.2) is 4.79 Å². The second-order valence-electron chi connectivity index (χ2n) is 6.88. The van der Waals surface area contributed by atoms with Gasteiger partial charge in [-0.15, -0.1) is 0 Å². The van der Waals surface area contributed by atoms with Crippen LogP contribution in [0.3, 0.4) is 0 Å². The summed E-state index contributed by atoms with van der Waals surface area (Å²) in [6, 6.07) is 16.5. The Hall–Kier alpha value is -2.37. The largest absolute Gasteiger partial charge is 0.488 e. The molecule has 1 aliphatic carbocycles. The van der Waals surface area contributed by atoms with Crippen LogP contribution >= 0.6 is 0 Å². The van der Waals surface area contributed by atoms with Crippen LogP contribution in [0.25, 0.3) is 0 Å². The highest BCUT2D eigenvalue weighted by Gasteiger charge is 2.35. The predicted molar refractivity (Wildman–Crippen MR) is 99.4 cm³/mol. The summed E-state index contributed by atoms with van der Waals surface area (Å²) in [4.78, 5) is 13.2. The SMILES string of the molecule is CN(Cc1cccc(C(=O)O)c1)[C@@H]1CCC[C@H](Oc2ccccc2)[C@H]1O. The average molecular weight is 355 g/mol. The summed E-state index contributed by atoms with van der Waals surface area (Å²) < 4.78 is 5.99. The average Bonchev–Trinajstić information content (AvgIpc) is 2.64. The van der Waals surface area contributed by atoms with Crippen molar-refractivity contribution in [3.63, 3.8) is 0 Å². The lowest BCUT2D eigenvalue weighted by atomic mass is 9.88. The molecular formula is C21H25NO4. The lowest BCUT2D eigenvalue weighted by Gasteiger charge is -2.39. The molecule has 1 aliphatic rings. The van der Waals surface area contributed by atoms with Crippen molar-refractivity contribution in [3.8, 4) is 5.75 Å². The number of benzene rings is 2. The highest BCUT2D eigenvalue weighted by molar-refractivity contribution is 5.87. The molecule has 0 heterocycles. The van der Waals surface area contributed by atoms with Gasteiger partial charge >= 0.3 is 5.97 Å². The molecule has 3 rings (SSSR count). The summed E-state index contributed by atoms with van der Waals surface area (Å²) in [5.74, 6) is -0.155. The van der Waals surface area contributed by atoms with Gasteiger partial charge in [0.2, 0.25) is 0 Å². The molecule has 0 aliphatic heterocycles. The van der Waals surface area contributed by atoms with Crippen LogP contribution in [0.15, 0.2) is 54.6 Å². The lowest BCUT2D eigenvalue weighted by Crippen LogP contribution is -2.51. The monoisotopic (exact) mass is 355 g/mol. The van der Waals surface area contributed by atoms with Gasteiger partial charge in [0.05, 0.1) is 5.56 Å². The van der Waals surface area contributed by atoms with Gasteiger partial charge in [0.15, 0.2) is 0 Å². The van der Waals surface area contributed by atoms with E-state index < -0.39 is 12.1 Å². The molecule has 138 valence electrons. The summed E-state index contributed by atoms with van der Waals surface area (Å²) in [5, 5.41) is 20.0. The molecule has 0 saturated heterocycles. The standard InChI is InChI=1S/C21H25NO4/c1-22(14-15-7-5-8-16(13-15)21(24)25)18-11-6-12-19(20(18)23)26-17-9-3-2-4-10-17/h2-5,7-10,13,18-20,23H,6,11-12,14H2,1H3,(H,24,25)/t18-,19+,20+/m1/s1. The quantitative estimate of drug-likeness (QED) is 0.833. The molecule has 0 aromatic heterocycles. The van der Waals surface area contributed by atoms with Crippen molar-refractivity contribution in [3.05, 3.63) is 65.7 Å². The zero-order valence-corrected chi connectivity index (χ0v) is 14.9. The highest BCUT2D eigenvalue weighted by Crippen LogP contribution is 2.27. The third kappa shape index (κ3) is 4.42. The fourth-order valence-electron chi connectivity index (χ4n) is 3.61. The van der Waals surface area contributed by atoms with Gasteiger partial charge in [0.25, 0.3) is 0 Å². The van der Waals surface area contributed by atoms with E-state index in [1.807, 2.05) is 43.4 Å². The van der Waals surface area contributed by atoms with E-state index >= 15 is 0 Å². The number of aromatic carboxylic acids is 1. The molecular weight excluding hydrogens is 330 g/mol. The van der Waals surface area contributed by atoms with Crippen LogP contribution in [0.4, 0.5) is 0 Å². The van der Waals surface area contributed by atoms with Crippen molar-refractivity contribution in [1.82, 2.24) is 4.90 Å². The Morgan fingerprint density at radius 1 is 1.15 bits per heavy atom. The minimum absolute atomic E-state index is 0.0223. The summed E-state index contributed by atoms with van der Waals surface area (Å²) in [7, 11) is 1.96. The topological polar surface area (TPSA) is 70.0 Å². The van der Waals surface area contributed by atoms with Crippen LogP contribution in [0.5, 0.6) is 5.75 Å². The first-order valence-electron chi connectivity index (χ1n) is 8.97. The normalized spacial score (nSPS) is 23.0. The van der Waals surface area contributed by atoms with E-state index in [1.165, 1.54) is 0 Å². The minimum Gasteiger partial charge on any atom is -0.488 e. The number of ether oxygens (including phenoxy) is 1. The summed E-state index contributed by atoms with van der Waals surface area (Å²) in [5.41, 5.74) is 1.20. The van der Waals surface area contributed by atoms with Gasteiger partial charge in [-0.05, 0) is 56.1 Å². The van der Waals surface area contributed by atoms with Gasteiger partial charge in [-0.3, -0.25) is 4.90 Å². The molecule has 0 bridgehead atoms. The molecule has 0 amide bonds. The fourth-order valence-corrected chi connectivity index (χ4v) is 3.61. The van der Waals surface area contributed by atoms with Crippen LogP contribution in [0, 0.1) is 0 Å². The van der Waals surface area contributed by atoms with Gasteiger partial charge < -0.3 is 14.9 Å². The summed E-state index contributed by atoms with van der Waals surface area (Å²) >= 11 is 0. The highest BCUT2D eigenvalue weighted by atomic mass is 16.5.